The molecule has 4 N–H and O–H groups in total. The normalized spacial score (nSPS) is 18.5. The Balaban J connectivity index is 1.50. The van der Waals surface area contributed by atoms with Crippen LogP contribution in [0.15, 0.2) is 24.4 Å². The predicted octanol–water partition coefficient (Wildman–Crippen LogP) is 0.870. The van der Waals surface area contributed by atoms with E-state index in [1.165, 1.54) is 6.20 Å². The van der Waals surface area contributed by atoms with Crippen molar-refractivity contribution < 1.29 is 33.2 Å². The van der Waals surface area contributed by atoms with E-state index in [0.29, 0.717) is 21.9 Å². The predicted molar refractivity (Wildman–Crippen MR) is 129 cm³/mol. The second-order valence-corrected chi connectivity index (χ2v) is 9.72. The molecule has 1 unspecified atom stereocenters. The molecule has 0 radical (unpaired) electrons. The molecule has 4 rings (SSSR count). The van der Waals surface area contributed by atoms with E-state index in [2.05, 4.69) is 10.3 Å². The van der Waals surface area contributed by atoms with Gasteiger partial charge in [0.15, 0.2) is 10.9 Å². The number of aromatic nitrogens is 1. The van der Waals surface area contributed by atoms with Gasteiger partial charge < -0.3 is 25.6 Å². The number of nitrogen functional groups attached to an aromatic ring is 1. The number of alkyl halides is 1. The van der Waals surface area contributed by atoms with Crippen LogP contribution in [0.1, 0.15) is 28.5 Å². The van der Waals surface area contributed by atoms with Gasteiger partial charge in [0.2, 0.25) is 0 Å². The van der Waals surface area contributed by atoms with Crippen LogP contribution >= 0.6 is 11.3 Å². The number of carbonyl (C=O) groups is 4. The van der Waals surface area contributed by atoms with E-state index in [1.807, 2.05) is 25.1 Å². The number of carbonyl (C=O) groups excluding carboxylic acids is 4. The zero-order valence-electron chi connectivity index (χ0n) is 19.5. The fourth-order valence-corrected chi connectivity index (χ4v) is 5.08. The number of ketones is 1. The van der Waals surface area contributed by atoms with Crippen LogP contribution in [0.4, 0.5) is 14.3 Å². The minimum atomic E-state index is -1.23. The number of nitrogens with one attached hydrogen (secondary N) is 1. The summed E-state index contributed by atoms with van der Waals surface area (Å²) < 4.78 is 18.3. The van der Waals surface area contributed by atoms with Gasteiger partial charge >= 0.3 is 25.0 Å². The number of rotatable bonds is 7. The summed E-state index contributed by atoms with van der Waals surface area (Å²) in [6.45, 7) is 0.650. The first-order valence-electron chi connectivity index (χ1n) is 11.3. The molecule has 14 heteroatoms. The van der Waals surface area contributed by atoms with Gasteiger partial charge in [-0.1, -0.05) is 29.5 Å². The van der Waals surface area contributed by atoms with Gasteiger partial charge in [-0.05, 0) is 24.5 Å². The van der Waals surface area contributed by atoms with Gasteiger partial charge in [0.25, 0.3) is 0 Å². The van der Waals surface area contributed by atoms with Gasteiger partial charge in [0.05, 0.1) is 4.88 Å². The maximum atomic E-state index is 13.4. The van der Waals surface area contributed by atoms with Crippen molar-refractivity contribution in [3.05, 3.63) is 40.4 Å². The summed E-state index contributed by atoms with van der Waals surface area (Å²) in [7, 11) is -1.23. The number of piperazine rings is 1. The molecule has 2 aromatic rings. The lowest BCUT2D eigenvalue weighted by Crippen LogP contribution is -2.59. The Morgan fingerprint density at radius 2 is 2.14 bits per heavy atom. The minimum absolute atomic E-state index is 0.0154. The van der Waals surface area contributed by atoms with E-state index >= 15 is 0 Å². The van der Waals surface area contributed by atoms with Gasteiger partial charge in [-0.15, -0.1) is 0 Å². The van der Waals surface area contributed by atoms with E-state index in [-0.39, 0.29) is 31.2 Å². The highest BCUT2D eigenvalue weighted by atomic mass is 32.1. The number of benzene rings is 1. The SMILES string of the molecule is Cc1cccc2c1OB(O)[C@@H](CC(=O)C(NC(=O)N1CCN(CCF)C(=O)C1=O)c1cnc(N)s1)C2. The number of imide groups is 1. The van der Waals surface area contributed by atoms with Gasteiger partial charge in [-0.2, -0.15) is 0 Å². The molecule has 1 saturated heterocycles. The lowest BCUT2D eigenvalue weighted by atomic mass is 9.64. The zero-order chi connectivity index (χ0) is 26.0. The molecule has 3 heterocycles. The molecule has 0 bridgehead atoms. The topological polar surface area (TPSA) is 155 Å². The standard InChI is InChI=1S/C22H25BFN5O6S/c1-12-3-2-4-13-9-14(23(34)35-18(12)13)10-15(30)17(16-11-26-21(25)36-16)27-22(33)29-8-7-28(6-5-24)19(31)20(29)32/h2-4,11,14,17,34H,5-10H2,1H3,(H2,25,26)(H,27,33)/t14-,17?/m1/s1. The maximum Gasteiger partial charge on any atom is 0.526 e. The number of amides is 4. The van der Waals surface area contributed by atoms with Crippen molar-refractivity contribution in [2.75, 3.05) is 32.0 Å². The van der Waals surface area contributed by atoms with E-state index in [0.717, 1.165) is 27.4 Å². The van der Waals surface area contributed by atoms with Crippen LogP contribution < -0.4 is 15.7 Å². The van der Waals surface area contributed by atoms with Crippen molar-refractivity contribution in [2.24, 2.45) is 0 Å². The van der Waals surface area contributed by atoms with Crippen LogP contribution in [0.3, 0.4) is 0 Å². The largest absolute Gasteiger partial charge is 0.536 e. The highest BCUT2D eigenvalue weighted by Crippen LogP contribution is 2.37. The molecule has 1 aromatic carbocycles. The van der Waals surface area contributed by atoms with Gasteiger partial charge in [-0.25, -0.2) is 14.2 Å². The third-order valence-corrected chi connectivity index (χ3v) is 7.10. The molecule has 0 spiro atoms. The molecule has 2 atom stereocenters. The van der Waals surface area contributed by atoms with Crippen LogP contribution in [0, 0.1) is 6.92 Å². The summed E-state index contributed by atoms with van der Waals surface area (Å²) in [6, 6.07) is 3.42. The number of halogens is 1. The van der Waals surface area contributed by atoms with Crippen molar-refractivity contribution in [2.45, 2.75) is 31.6 Å². The number of thiazole rings is 1. The molecule has 2 aliphatic heterocycles. The van der Waals surface area contributed by atoms with Crippen molar-refractivity contribution in [1.82, 2.24) is 20.1 Å². The van der Waals surface area contributed by atoms with Crippen LogP contribution in [-0.2, 0) is 20.8 Å². The summed E-state index contributed by atoms with van der Waals surface area (Å²) in [5, 5.41) is 13.2. The Labute approximate surface area is 210 Å². The quantitative estimate of drug-likeness (QED) is 0.361. The number of urea groups is 1. The summed E-state index contributed by atoms with van der Waals surface area (Å²) in [6.07, 6.45) is 1.59. The fourth-order valence-electron chi connectivity index (χ4n) is 4.32. The molecule has 36 heavy (non-hydrogen) atoms. The fraction of sp³-hybridized carbons (Fsp3) is 0.409. The van der Waals surface area contributed by atoms with E-state index in [9.17, 15) is 28.6 Å². The van der Waals surface area contributed by atoms with Crippen molar-refractivity contribution in [1.29, 1.82) is 0 Å². The zero-order valence-corrected chi connectivity index (χ0v) is 20.3. The Kier molecular flexibility index (Phi) is 7.55. The number of Topliss-reactive ketones (excluding diaryl/α,β-unsaturated/α-hetero) is 1. The Bertz CT molecular complexity index is 1200. The molecular weight excluding hydrogens is 492 g/mol. The number of nitrogens with two attached hydrogens (primary N) is 1. The average molecular weight is 517 g/mol. The number of anilines is 1. The maximum absolute atomic E-state index is 13.4. The Morgan fingerprint density at radius 3 is 2.83 bits per heavy atom. The summed E-state index contributed by atoms with van der Waals surface area (Å²) in [4.78, 5) is 57.0. The van der Waals surface area contributed by atoms with Crippen LogP contribution in [0.5, 0.6) is 5.75 Å². The smallest absolute Gasteiger partial charge is 0.526 e. The van der Waals surface area contributed by atoms with Crippen molar-refractivity contribution in [3.63, 3.8) is 0 Å². The number of hydrogen-bond donors (Lipinski definition) is 3. The monoisotopic (exact) mass is 517 g/mol. The van der Waals surface area contributed by atoms with E-state index in [4.69, 9.17) is 10.4 Å². The van der Waals surface area contributed by atoms with Gasteiger partial charge in [-0.3, -0.25) is 19.3 Å². The molecule has 190 valence electrons. The van der Waals surface area contributed by atoms with E-state index in [1.54, 1.807) is 0 Å². The molecule has 0 aliphatic carbocycles. The first-order valence-corrected chi connectivity index (χ1v) is 12.2. The highest BCUT2D eigenvalue weighted by molar-refractivity contribution is 7.15. The van der Waals surface area contributed by atoms with E-state index < -0.39 is 49.3 Å². The Hall–Kier alpha value is -3.52. The number of nitrogens with zero attached hydrogens (tertiary/aromatic N) is 3. The lowest BCUT2D eigenvalue weighted by Gasteiger charge is -2.33. The number of fused-ring (bicyclic) bond motifs is 1. The number of para-hydroxylation sites is 1. The summed E-state index contributed by atoms with van der Waals surface area (Å²) in [5.74, 6) is -2.54. The molecule has 1 aromatic heterocycles. The van der Waals surface area contributed by atoms with Gasteiger partial charge in [0, 0.05) is 38.1 Å². The Morgan fingerprint density at radius 1 is 1.36 bits per heavy atom. The van der Waals surface area contributed by atoms with Crippen molar-refractivity contribution in [3.8, 4) is 5.75 Å². The van der Waals surface area contributed by atoms with Crippen LogP contribution in [0.2, 0.25) is 5.82 Å². The van der Waals surface area contributed by atoms with Crippen molar-refractivity contribution >= 4 is 47.2 Å². The molecular formula is C22H25BFN5O6S. The number of aryl methyl sites for hydroxylation is 1. The molecule has 2 aliphatic rings. The van der Waals surface area contributed by atoms with Crippen LogP contribution in [-0.4, -0.2) is 76.9 Å². The first kappa shape index (κ1) is 25.6. The third-order valence-electron chi connectivity index (χ3n) is 6.20. The highest BCUT2D eigenvalue weighted by Gasteiger charge is 2.41. The first-order chi connectivity index (χ1) is 17.2. The summed E-state index contributed by atoms with van der Waals surface area (Å²) in [5.41, 5.74) is 7.45. The lowest BCUT2D eigenvalue weighted by molar-refractivity contribution is -0.153. The minimum Gasteiger partial charge on any atom is -0.536 e. The van der Waals surface area contributed by atoms with Gasteiger partial charge in [0.1, 0.15) is 18.5 Å². The molecule has 1 fully saturated rings. The second-order valence-electron chi connectivity index (χ2n) is 8.63. The third kappa shape index (κ3) is 5.19. The molecule has 11 nitrogen and oxygen atoms in total. The molecule has 0 saturated carbocycles. The van der Waals surface area contributed by atoms with Crippen LogP contribution in [0.25, 0.3) is 0 Å². The average Bonchev–Trinajstić information content (AvgIpc) is 3.27. The number of hydrogen-bond acceptors (Lipinski definition) is 9. The molecule has 4 amide bonds. The second kappa shape index (κ2) is 10.6. The summed E-state index contributed by atoms with van der Waals surface area (Å²) >= 11 is 0.992.